The summed E-state index contributed by atoms with van der Waals surface area (Å²) in [5.41, 5.74) is 2.31. The number of carbonyl (C=O) groups is 1. The average molecular weight is 272 g/mol. The molecule has 3 rings (SSSR count). The zero-order chi connectivity index (χ0) is 12.5. The Labute approximate surface area is 114 Å². The van der Waals surface area contributed by atoms with Crippen LogP contribution in [-0.2, 0) is 6.42 Å². The van der Waals surface area contributed by atoms with Crippen LogP contribution in [0, 0.1) is 6.92 Å². The molecule has 3 aromatic rings. The van der Waals surface area contributed by atoms with Crippen LogP contribution in [0.5, 0.6) is 0 Å². The zero-order valence-corrected chi connectivity index (χ0v) is 11.6. The average Bonchev–Trinajstić information content (AvgIpc) is 2.92. The van der Waals surface area contributed by atoms with E-state index in [2.05, 4.69) is 24.4 Å². The number of Topliss-reactive ketones (excluding diaryl/α,β-unsaturated/α-hetero) is 1. The number of ketones is 1. The fraction of sp³-hybridized carbons (Fsp3) is 0.133. The summed E-state index contributed by atoms with van der Waals surface area (Å²) >= 11 is 3.29. The molecule has 0 amide bonds. The highest BCUT2D eigenvalue weighted by atomic mass is 32.1. The molecule has 0 unspecified atom stereocenters. The number of aryl methyl sites for hydroxylation is 1. The SMILES string of the molecule is Cc1ccccc1CC(=O)c1cc2sccc2s1. The lowest BCUT2D eigenvalue weighted by Gasteiger charge is -2.03. The van der Waals surface area contributed by atoms with Crippen LogP contribution in [0.25, 0.3) is 9.40 Å². The van der Waals surface area contributed by atoms with E-state index in [0.29, 0.717) is 6.42 Å². The molecular formula is C15H12OS2. The first-order valence-electron chi connectivity index (χ1n) is 5.79. The molecule has 0 atom stereocenters. The number of carbonyl (C=O) groups excluding carboxylic acids is 1. The number of hydrogen-bond acceptors (Lipinski definition) is 3. The molecule has 0 spiro atoms. The maximum Gasteiger partial charge on any atom is 0.177 e. The van der Waals surface area contributed by atoms with Gasteiger partial charge in [0.15, 0.2) is 5.78 Å². The van der Waals surface area contributed by atoms with Crippen molar-refractivity contribution in [2.75, 3.05) is 0 Å². The summed E-state index contributed by atoms with van der Waals surface area (Å²) < 4.78 is 2.43. The Hall–Kier alpha value is -1.45. The van der Waals surface area contributed by atoms with Crippen LogP contribution in [0.15, 0.2) is 41.8 Å². The summed E-state index contributed by atoms with van der Waals surface area (Å²) in [7, 11) is 0. The monoisotopic (exact) mass is 272 g/mol. The fourth-order valence-corrected chi connectivity index (χ4v) is 4.02. The molecule has 2 heterocycles. The van der Waals surface area contributed by atoms with Crippen LogP contribution in [0.4, 0.5) is 0 Å². The van der Waals surface area contributed by atoms with Gasteiger partial charge >= 0.3 is 0 Å². The molecule has 0 fully saturated rings. The zero-order valence-electron chi connectivity index (χ0n) is 9.97. The van der Waals surface area contributed by atoms with Crippen LogP contribution in [0.1, 0.15) is 20.8 Å². The highest BCUT2D eigenvalue weighted by molar-refractivity contribution is 7.27. The fourth-order valence-electron chi connectivity index (χ4n) is 1.97. The molecule has 0 N–H and O–H groups in total. The minimum atomic E-state index is 0.220. The van der Waals surface area contributed by atoms with E-state index in [1.807, 2.05) is 24.3 Å². The van der Waals surface area contributed by atoms with Crippen molar-refractivity contribution in [1.82, 2.24) is 0 Å². The number of fused-ring (bicyclic) bond motifs is 1. The van der Waals surface area contributed by atoms with Crippen molar-refractivity contribution in [3.63, 3.8) is 0 Å². The van der Waals surface area contributed by atoms with E-state index in [4.69, 9.17) is 0 Å². The molecule has 0 bridgehead atoms. The van der Waals surface area contributed by atoms with E-state index in [1.165, 1.54) is 15.0 Å². The van der Waals surface area contributed by atoms with Gasteiger partial charge in [-0.3, -0.25) is 4.79 Å². The standard InChI is InChI=1S/C15H12OS2/c1-10-4-2-3-5-11(10)8-12(16)14-9-15-13(18-14)6-7-17-15/h2-7,9H,8H2,1H3. The van der Waals surface area contributed by atoms with Gasteiger partial charge in [0, 0.05) is 15.8 Å². The third-order valence-corrected chi connectivity index (χ3v) is 5.16. The molecule has 2 aromatic heterocycles. The molecule has 3 heteroatoms. The molecule has 90 valence electrons. The smallest absolute Gasteiger partial charge is 0.177 e. The topological polar surface area (TPSA) is 17.1 Å². The summed E-state index contributed by atoms with van der Waals surface area (Å²) in [6, 6.07) is 12.2. The third-order valence-electron chi connectivity index (χ3n) is 3.03. The first kappa shape index (κ1) is 11.6. The van der Waals surface area contributed by atoms with Crippen LogP contribution >= 0.6 is 22.7 Å². The largest absolute Gasteiger partial charge is 0.293 e. The Bertz CT molecular complexity index is 677. The van der Waals surface area contributed by atoms with Gasteiger partial charge in [0.2, 0.25) is 0 Å². The Morgan fingerprint density at radius 2 is 2.00 bits per heavy atom. The number of benzene rings is 1. The summed E-state index contributed by atoms with van der Waals surface area (Å²) in [4.78, 5) is 13.1. The lowest BCUT2D eigenvalue weighted by molar-refractivity contribution is 0.0996. The summed E-state index contributed by atoms with van der Waals surface area (Å²) in [6.07, 6.45) is 0.500. The quantitative estimate of drug-likeness (QED) is 0.632. The van der Waals surface area contributed by atoms with Crippen molar-refractivity contribution in [3.05, 3.63) is 57.8 Å². The van der Waals surface area contributed by atoms with E-state index in [9.17, 15) is 4.79 Å². The van der Waals surface area contributed by atoms with Crippen LogP contribution in [-0.4, -0.2) is 5.78 Å². The van der Waals surface area contributed by atoms with Crippen molar-refractivity contribution in [3.8, 4) is 0 Å². The highest BCUT2D eigenvalue weighted by Gasteiger charge is 2.12. The van der Waals surface area contributed by atoms with Crippen LogP contribution in [0.2, 0.25) is 0 Å². The number of hydrogen-bond donors (Lipinski definition) is 0. The summed E-state index contributed by atoms with van der Waals surface area (Å²) in [5.74, 6) is 0.220. The maximum absolute atomic E-state index is 12.2. The van der Waals surface area contributed by atoms with Gasteiger partial charge in [-0.15, -0.1) is 22.7 Å². The van der Waals surface area contributed by atoms with Gasteiger partial charge in [-0.25, -0.2) is 0 Å². The first-order chi connectivity index (χ1) is 8.74. The van der Waals surface area contributed by atoms with Gasteiger partial charge < -0.3 is 0 Å². The molecule has 0 aliphatic heterocycles. The molecule has 0 aliphatic rings. The highest BCUT2D eigenvalue weighted by Crippen LogP contribution is 2.30. The van der Waals surface area contributed by atoms with Gasteiger partial charge in [0.25, 0.3) is 0 Å². The van der Waals surface area contributed by atoms with Gasteiger partial charge in [0.05, 0.1) is 4.88 Å². The summed E-state index contributed by atoms with van der Waals surface area (Å²) in [6.45, 7) is 2.05. The predicted molar refractivity (Wildman–Crippen MR) is 78.9 cm³/mol. The van der Waals surface area contributed by atoms with Gasteiger partial charge in [0.1, 0.15) is 0 Å². The van der Waals surface area contributed by atoms with Crippen molar-refractivity contribution in [2.45, 2.75) is 13.3 Å². The molecule has 1 aromatic carbocycles. The number of thiophene rings is 2. The number of rotatable bonds is 3. The Balaban J connectivity index is 1.87. The van der Waals surface area contributed by atoms with Gasteiger partial charge in [-0.2, -0.15) is 0 Å². The Morgan fingerprint density at radius 1 is 1.17 bits per heavy atom. The lowest BCUT2D eigenvalue weighted by atomic mass is 10.0. The summed E-state index contributed by atoms with van der Waals surface area (Å²) in [5, 5.41) is 2.07. The van der Waals surface area contributed by atoms with Gasteiger partial charge in [-0.05, 0) is 35.6 Å². The van der Waals surface area contributed by atoms with Crippen molar-refractivity contribution >= 4 is 37.9 Å². The molecule has 18 heavy (non-hydrogen) atoms. The van der Waals surface area contributed by atoms with Gasteiger partial charge in [-0.1, -0.05) is 24.3 Å². The van der Waals surface area contributed by atoms with E-state index < -0.39 is 0 Å². The first-order valence-corrected chi connectivity index (χ1v) is 7.48. The second-order valence-electron chi connectivity index (χ2n) is 4.29. The van der Waals surface area contributed by atoms with E-state index in [1.54, 1.807) is 22.7 Å². The van der Waals surface area contributed by atoms with Crippen molar-refractivity contribution in [1.29, 1.82) is 0 Å². The maximum atomic E-state index is 12.2. The molecule has 0 saturated carbocycles. The minimum Gasteiger partial charge on any atom is -0.293 e. The minimum absolute atomic E-state index is 0.220. The lowest BCUT2D eigenvalue weighted by Crippen LogP contribution is -2.02. The van der Waals surface area contributed by atoms with Crippen LogP contribution < -0.4 is 0 Å². The molecule has 1 nitrogen and oxygen atoms in total. The third kappa shape index (κ3) is 2.11. The molecular weight excluding hydrogens is 260 g/mol. The van der Waals surface area contributed by atoms with E-state index in [0.717, 1.165) is 10.4 Å². The predicted octanol–water partition coefficient (Wildman–Crippen LogP) is 4.70. The Kier molecular flexibility index (Phi) is 3.02. The molecule has 0 aliphatic carbocycles. The molecule has 0 saturated heterocycles. The van der Waals surface area contributed by atoms with Crippen molar-refractivity contribution < 1.29 is 4.79 Å². The van der Waals surface area contributed by atoms with Crippen molar-refractivity contribution in [2.24, 2.45) is 0 Å². The second kappa shape index (κ2) is 4.67. The molecule has 0 radical (unpaired) electrons. The second-order valence-corrected chi connectivity index (χ2v) is 6.32. The van der Waals surface area contributed by atoms with E-state index in [-0.39, 0.29) is 5.78 Å². The normalized spacial score (nSPS) is 10.9. The van der Waals surface area contributed by atoms with E-state index >= 15 is 0 Å². The Morgan fingerprint density at radius 3 is 2.78 bits per heavy atom. The van der Waals surface area contributed by atoms with Crippen LogP contribution in [0.3, 0.4) is 0 Å².